The fourth-order valence-electron chi connectivity index (χ4n) is 3.07. The smallest absolute Gasteiger partial charge is 0.138 e. The van der Waals surface area contributed by atoms with E-state index in [0.717, 1.165) is 48.9 Å². The summed E-state index contributed by atoms with van der Waals surface area (Å²) in [5, 5.41) is 13.8. The number of rotatable bonds is 0. The van der Waals surface area contributed by atoms with Crippen molar-refractivity contribution in [1.29, 1.82) is 0 Å². The highest BCUT2D eigenvalue weighted by molar-refractivity contribution is 6.31. The van der Waals surface area contributed by atoms with Crippen LogP contribution >= 0.6 is 11.6 Å². The van der Waals surface area contributed by atoms with Crippen LogP contribution in [0.3, 0.4) is 0 Å². The van der Waals surface area contributed by atoms with Crippen molar-refractivity contribution < 1.29 is 9.84 Å². The molecule has 124 valence electrons. The van der Waals surface area contributed by atoms with E-state index < -0.39 is 0 Å². The number of amidine groups is 1. The molecule has 5 nitrogen and oxygen atoms in total. The number of piperazine rings is 1. The van der Waals surface area contributed by atoms with Crippen LogP contribution in [0, 0.1) is 0 Å². The molecule has 6 heteroatoms. The van der Waals surface area contributed by atoms with Crippen molar-refractivity contribution in [3.8, 4) is 17.2 Å². The Morgan fingerprint density at radius 2 is 1.88 bits per heavy atom. The van der Waals surface area contributed by atoms with Crippen LogP contribution in [0.15, 0.2) is 41.4 Å². The monoisotopic (exact) mass is 343 g/mol. The number of hydrogen-bond acceptors (Lipinski definition) is 5. The summed E-state index contributed by atoms with van der Waals surface area (Å²) in [6.45, 7) is 4.07. The Hall–Kier alpha value is -2.24. The second-order valence-electron chi connectivity index (χ2n) is 5.91. The number of phenols is 1. The largest absolute Gasteiger partial charge is 0.508 e. The second-order valence-corrected chi connectivity index (χ2v) is 6.35. The molecule has 0 radical (unpaired) electrons. The molecule has 0 unspecified atom stereocenters. The summed E-state index contributed by atoms with van der Waals surface area (Å²) in [6, 6.07) is 10.7. The Morgan fingerprint density at radius 3 is 2.71 bits per heavy atom. The van der Waals surface area contributed by atoms with Gasteiger partial charge in [-0.3, -0.25) is 4.99 Å². The molecule has 2 aromatic carbocycles. The number of aromatic hydroxyl groups is 1. The number of aliphatic imine (C=N–C) groups is 1. The number of fused-ring (bicyclic) bond motifs is 2. The third-order valence-electron chi connectivity index (χ3n) is 4.26. The van der Waals surface area contributed by atoms with Crippen LogP contribution in [-0.4, -0.2) is 42.0 Å². The highest BCUT2D eigenvalue weighted by Crippen LogP contribution is 2.35. The molecular weight excluding hydrogens is 326 g/mol. The molecule has 2 aliphatic heterocycles. The van der Waals surface area contributed by atoms with Gasteiger partial charge in [0.15, 0.2) is 0 Å². The first-order valence-electron chi connectivity index (χ1n) is 8.00. The lowest BCUT2D eigenvalue weighted by atomic mass is 10.1. The first kappa shape index (κ1) is 15.3. The summed E-state index contributed by atoms with van der Waals surface area (Å²) >= 11 is 6.22. The Balaban J connectivity index is 1.83. The van der Waals surface area contributed by atoms with Crippen LogP contribution in [-0.2, 0) is 6.54 Å². The summed E-state index contributed by atoms with van der Waals surface area (Å²) in [7, 11) is 0. The van der Waals surface area contributed by atoms with Gasteiger partial charge in [0, 0.05) is 36.8 Å². The van der Waals surface area contributed by atoms with E-state index in [0.29, 0.717) is 17.3 Å². The van der Waals surface area contributed by atoms with Gasteiger partial charge in [-0.1, -0.05) is 11.6 Å². The zero-order valence-corrected chi connectivity index (χ0v) is 13.9. The molecule has 1 fully saturated rings. The van der Waals surface area contributed by atoms with Crippen LogP contribution < -0.4 is 10.1 Å². The minimum absolute atomic E-state index is 0.216. The lowest BCUT2D eigenvalue weighted by molar-refractivity contribution is 0.355. The first-order chi connectivity index (χ1) is 11.7. The predicted octanol–water partition coefficient (Wildman–Crippen LogP) is 3.00. The maximum absolute atomic E-state index is 9.76. The lowest BCUT2D eigenvalue weighted by Gasteiger charge is -2.32. The summed E-state index contributed by atoms with van der Waals surface area (Å²) in [5.41, 5.74) is 1.77. The summed E-state index contributed by atoms with van der Waals surface area (Å²) < 4.78 is 6.12. The molecule has 0 aromatic heterocycles. The molecule has 2 aliphatic rings. The first-order valence-corrected chi connectivity index (χ1v) is 8.38. The number of nitrogens with zero attached hydrogens (tertiary/aromatic N) is 2. The molecule has 0 spiro atoms. The van der Waals surface area contributed by atoms with Crippen LogP contribution in [0.25, 0.3) is 0 Å². The minimum atomic E-state index is 0.216. The number of ether oxygens (including phenoxy) is 1. The van der Waals surface area contributed by atoms with E-state index in [4.69, 9.17) is 21.3 Å². The van der Waals surface area contributed by atoms with Crippen LogP contribution in [0.1, 0.15) is 11.1 Å². The van der Waals surface area contributed by atoms with Crippen molar-refractivity contribution in [1.82, 2.24) is 10.2 Å². The van der Waals surface area contributed by atoms with Crippen LogP contribution in [0.4, 0.5) is 0 Å². The fourth-order valence-corrected chi connectivity index (χ4v) is 3.24. The molecule has 0 bridgehead atoms. The lowest BCUT2D eigenvalue weighted by Crippen LogP contribution is -2.47. The van der Waals surface area contributed by atoms with E-state index in [2.05, 4.69) is 10.2 Å². The van der Waals surface area contributed by atoms with E-state index in [1.54, 1.807) is 18.2 Å². The molecule has 24 heavy (non-hydrogen) atoms. The van der Waals surface area contributed by atoms with Gasteiger partial charge in [0.1, 0.15) is 23.1 Å². The summed E-state index contributed by atoms with van der Waals surface area (Å²) in [5.74, 6) is 2.54. The number of halogens is 1. The number of hydrogen-bond donors (Lipinski definition) is 2. The van der Waals surface area contributed by atoms with Crippen molar-refractivity contribution in [2.45, 2.75) is 6.54 Å². The van der Waals surface area contributed by atoms with Gasteiger partial charge in [0.2, 0.25) is 0 Å². The molecule has 2 N–H and O–H groups in total. The van der Waals surface area contributed by atoms with Gasteiger partial charge < -0.3 is 20.1 Å². The molecular formula is C18H18ClN3O2. The topological polar surface area (TPSA) is 57.1 Å². The molecule has 0 atom stereocenters. The Kier molecular flexibility index (Phi) is 4.04. The number of phenolic OH excluding ortho intramolecular Hbond substituents is 1. The molecule has 1 saturated heterocycles. The fraction of sp³-hybridized carbons (Fsp3) is 0.278. The highest BCUT2D eigenvalue weighted by Gasteiger charge is 2.23. The molecule has 4 rings (SSSR count). The molecule has 0 amide bonds. The predicted molar refractivity (Wildman–Crippen MR) is 94.3 cm³/mol. The zero-order chi connectivity index (χ0) is 16.5. The van der Waals surface area contributed by atoms with E-state index in [9.17, 15) is 5.11 Å². The van der Waals surface area contributed by atoms with E-state index in [-0.39, 0.29) is 5.75 Å². The number of benzene rings is 2. The van der Waals surface area contributed by atoms with Gasteiger partial charge in [0.25, 0.3) is 0 Å². The van der Waals surface area contributed by atoms with E-state index in [1.165, 1.54) is 0 Å². The average molecular weight is 344 g/mol. The molecule has 2 heterocycles. The maximum Gasteiger partial charge on any atom is 0.138 e. The van der Waals surface area contributed by atoms with Crippen LogP contribution in [0.2, 0.25) is 5.02 Å². The second kappa shape index (κ2) is 6.34. The molecule has 2 aromatic rings. The molecule has 0 aliphatic carbocycles. The Labute approximate surface area is 145 Å². The number of nitrogens with one attached hydrogen (secondary N) is 1. The van der Waals surface area contributed by atoms with Crippen molar-refractivity contribution in [3.63, 3.8) is 0 Å². The quantitative estimate of drug-likeness (QED) is 0.772. The minimum Gasteiger partial charge on any atom is -0.508 e. The normalized spacial score (nSPS) is 17.0. The standard InChI is InChI=1S/C18H18ClN3O2/c19-13-1-3-17-15(10-13)18(22-7-5-20-6-8-22)21-11-12-9-14(23)2-4-16(12)24-17/h1-4,9-10,20,23H,5-8,11H2. The van der Waals surface area contributed by atoms with Crippen molar-refractivity contribution in [2.24, 2.45) is 4.99 Å². The van der Waals surface area contributed by atoms with Gasteiger partial charge in [-0.15, -0.1) is 0 Å². The van der Waals surface area contributed by atoms with Gasteiger partial charge >= 0.3 is 0 Å². The highest BCUT2D eigenvalue weighted by atomic mass is 35.5. The third kappa shape index (κ3) is 2.92. The summed E-state index contributed by atoms with van der Waals surface area (Å²) in [4.78, 5) is 7.09. The van der Waals surface area contributed by atoms with Gasteiger partial charge in [-0.2, -0.15) is 0 Å². The van der Waals surface area contributed by atoms with Gasteiger partial charge in [-0.05, 0) is 36.4 Å². The van der Waals surface area contributed by atoms with E-state index >= 15 is 0 Å². The SMILES string of the molecule is Oc1ccc2c(c1)CN=C(N1CCNCC1)c1cc(Cl)ccc1O2. The van der Waals surface area contributed by atoms with Crippen molar-refractivity contribution in [3.05, 3.63) is 52.5 Å². The van der Waals surface area contributed by atoms with Crippen molar-refractivity contribution in [2.75, 3.05) is 26.2 Å². The third-order valence-corrected chi connectivity index (χ3v) is 4.50. The van der Waals surface area contributed by atoms with E-state index in [1.807, 2.05) is 18.2 Å². The maximum atomic E-state index is 9.76. The summed E-state index contributed by atoms with van der Waals surface area (Å²) in [6.07, 6.45) is 0. The Morgan fingerprint density at radius 1 is 1.08 bits per heavy atom. The van der Waals surface area contributed by atoms with Crippen LogP contribution in [0.5, 0.6) is 17.2 Å². The van der Waals surface area contributed by atoms with Crippen molar-refractivity contribution >= 4 is 17.4 Å². The zero-order valence-electron chi connectivity index (χ0n) is 13.1. The Bertz CT molecular complexity index is 801. The van der Waals surface area contributed by atoms with Gasteiger partial charge in [-0.25, -0.2) is 0 Å². The van der Waals surface area contributed by atoms with Gasteiger partial charge in [0.05, 0.1) is 12.1 Å². The molecule has 0 saturated carbocycles. The average Bonchev–Trinajstić information content (AvgIpc) is 2.58.